The van der Waals surface area contributed by atoms with E-state index < -0.39 is 11.4 Å². The van der Waals surface area contributed by atoms with Crippen molar-refractivity contribution >= 4 is 17.6 Å². The van der Waals surface area contributed by atoms with E-state index in [2.05, 4.69) is 10.1 Å². The molecule has 2 aromatic rings. The van der Waals surface area contributed by atoms with Gasteiger partial charge in [-0.25, -0.2) is 0 Å². The Bertz CT molecular complexity index is 654. The van der Waals surface area contributed by atoms with E-state index in [1.165, 1.54) is 0 Å². The van der Waals surface area contributed by atoms with Gasteiger partial charge in [0.15, 0.2) is 0 Å². The van der Waals surface area contributed by atoms with Gasteiger partial charge < -0.3 is 9.63 Å². The van der Waals surface area contributed by atoms with Crippen molar-refractivity contribution in [2.45, 2.75) is 27.2 Å². The maximum Gasteiger partial charge on any atom is 0.310 e. The summed E-state index contributed by atoms with van der Waals surface area (Å²) in [6, 6.07) is 7.16. The first-order valence-electron chi connectivity index (χ1n) is 6.65. The third-order valence-corrected chi connectivity index (χ3v) is 4.19. The van der Waals surface area contributed by atoms with Gasteiger partial charge in [-0.2, -0.15) is 4.98 Å². The Balaban J connectivity index is 2.29. The average Bonchev–Trinajstić information content (AvgIpc) is 2.86. The molecule has 112 valence electrons. The third kappa shape index (κ3) is 3.08. The van der Waals surface area contributed by atoms with E-state index in [1.54, 1.807) is 19.1 Å². The van der Waals surface area contributed by atoms with E-state index in [-0.39, 0.29) is 12.3 Å². The number of aromatic nitrogens is 2. The summed E-state index contributed by atoms with van der Waals surface area (Å²) < 4.78 is 5.19. The number of rotatable bonds is 5. The third-order valence-electron chi connectivity index (χ3n) is 3.86. The summed E-state index contributed by atoms with van der Waals surface area (Å²) in [6.07, 6.45) is 0.178. The minimum atomic E-state index is -0.954. The van der Waals surface area contributed by atoms with Crippen LogP contribution < -0.4 is 0 Å². The highest BCUT2D eigenvalue weighted by atomic mass is 35.5. The first-order valence-corrected chi connectivity index (χ1v) is 7.03. The van der Waals surface area contributed by atoms with Gasteiger partial charge in [-0.1, -0.05) is 42.7 Å². The van der Waals surface area contributed by atoms with Gasteiger partial charge in [0.1, 0.15) is 0 Å². The molecule has 0 fully saturated rings. The van der Waals surface area contributed by atoms with E-state index in [9.17, 15) is 9.90 Å². The lowest BCUT2D eigenvalue weighted by atomic mass is 9.76. The lowest BCUT2D eigenvalue weighted by Crippen LogP contribution is -2.35. The smallest absolute Gasteiger partial charge is 0.310 e. The standard InChI is InChI=1S/C15H17ClN2O3/c1-9(2)15(3,14(19)20)8-12-17-13(18-21-12)10-6-4-5-7-11(10)16/h4-7,9H,8H2,1-3H3,(H,19,20). The second kappa shape index (κ2) is 5.85. The molecule has 6 heteroatoms. The highest BCUT2D eigenvalue weighted by molar-refractivity contribution is 6.33. The van der Waals surface area contributed by atoms with E-state index in [4.69, 9.17) is 16.1 Å². The molecule has 1 N–H and O–H groups in total. The van der Waals surface area contributed by atoms with Crippen molar-refractivity contribution in [2.75, 3.05) is 0 Å². The van der Waals surface area contributed by atoms with Crippen LogP contribution in [0.15, 0.2) is 28.8 Å². The van der Waals surface area contributed by atoms with Crippen LogP contribution >= 0.6 is 11.6 Å². The molecule has 0 saturated carbocycles. The van der Waals surface area contributed by atoms with Crippen LogP contribution in [0.1, 0.15) is 26.7 Å². The van der Waals surface area contributed by atoms with Gasteiger partial charge in [-0.15, -0.1) is 0 Å². The Labute approximate surface area is 127 Å². The van der Waals surface area contributed by atoms with E-state index in [0.717, 1.165) is 0 Å². The predicted molar refractivity (Wildman–Crippen MR) is 79.0 cm³/mol. The summed E-state index contributed by atoms with van der Waals surface area (Å²) in [5.74, 6) is -0.281. The molecule has 5 nitrogen and oxygen atoms in total. The molecule has 1 heterocycles. The fraction of sp³-hybridized carbons (Fsp3) is 0.400. The number of carbonyl (C=O) groups is 1. The number of carboxylic acid groups (broad SMARTS) is 1. The van der Waals surface area contributed by atoms with Crippen LogP contribution in [0.2, 0.25) is 5.02 Å². The zero-order valence-electron chi connectivity index (χ0n) is 12.1. The van der Waals surface area contributed by atoms with Crippen molar-refractivity contribution in [2.24, 2.45) is 11.3 Å². The van der Waals surface area contributed by atoms with Crippen molar-refractivity contribution in [3.05, 3.63) is 35.2 Å². The van der Waals surface area contributed by atoms with Crippen molar-refractivity contribution in [1.29, 1.82) is 0 Å². The molecular weight excluding hydrogens is 292 g/mol. The second-order valence-electron chi connectivity index (χ2n) is 5.55. The van der Waals surface area contributed by atoms with Crippen LogP contribution in [0, 0.1) is 11.3 Å². The van der Waals surface area contributed by atoms with E-state index in [1.807, 2.05) is 26.0 Å². The Hall–Kier alpha value is -1.88. The zero-order valence-corrected chi connectivity index (χ0v) is 12.9. The fourth-order valence-corrected chi connectivity index (χ4v) is 2.14. The molecule has 2 rings (SSSR count). The molecular formula is C15H17ClN2O3. The zero-order chi connectivity index (χ0) is 15.6. The summed E-state index contributed by atoms with van der Waals surface area (Å²) in [5, 5.41) is 13.8. The maximum atomic E-state index is 11.5. The topological polar surface area (TPSA) is 76.2 Å². The highest BCUT2D eigenvalue weighted by Gasteiger charge is 2.38. The van der Waals surface area contributed by atoms with Crippen LogP contribution in [0.4, 0.5) is 0 Å². The monoisotopic (exact) mass is 308 g/mol. The van der Waals surface area contributed by atoms with Crippen molar-refractivity contribution < 1.29 is 14.4 Å². The Kier molecular flexibility index (Phi) is 4.32. The van der Waals surface area contributed by atoms with E-state index in [0.29, 0.717) is 22.3 Å². The lowest BCUT2D eigenvalue weighted by molar-refractivity contribution is -0.150. The number of benzene rings is 1. The number of aliphatic carboxylic acids is 1. The van der Waals surface area contributed by atoms with Gasteiger partial charge in [0.2, 0.25) is 11.7 Å². The highest BCUT2D eigenvalue weighted by Crippen LogP contribution is 2.32. The number of carboxylic acids is 1. The van der Waals surface area contributed by atoms with Crippen LogP contribution in [-0.4, -0.2) is 21.2 Å². The van der Waals surface area contributed by atoms with Gasteiger partial charge >= 0.3 is 5.97 Å². The molecule has 0 aliphatic rings. The Morgan fingerprint density at radius 3 is 2.67 bits per heavy atom. The van der Waals surface area contributed by atoms with Crippen molar-refractivity contribution in [3.63, 3.8) is 0 Å². The van der Waals surface area contributed by atoms with Crippen LogP contribution in [0.5, 0.6) is 0 Å². The summed E-state index contributed by atoms with van der Waals surface area (Å²) >= 11 is 6.09. The lowest BCUT2D eigenvalue weighted by Gasteiger charge is -2.27. The summed E-state index contributed by atoms with van der Waals surface area (Å²) in [4.78, 5) is 15.8. The normalized spacial score (nSPS) is 14.1. The molecule has 0 bridgehead atoms. The summed E-state index contributed by atoms with van der Waals surface area (Å²) in [7, 11) is 0. The van der Waals surface area contributed by atoms with Crippen molar-refractivity contribution in [1.82, 2.24) is 10.1 Å². The average molecular weight is 309 g/mol. The summed E-state index contributed by atoms with van der Waals surface area (Å²) in [6.45, 7) is 5.40. The predicted octanol–water partition coefficient (Wildman–Crippen LogP) is 3.68. The van der Waals surface area contributed by atoms with Crippen LogP contribution in [0.3, 0.4) is 0 Å². The summed E-state index contributed by atoms with van der Waals surface area (Å²) in [5.41, 5.74) is -0.291. The Morgan fingerprint density at radius 2 is 2.10 bits per heavy atom. The minimum Gasteiger partial charge on any atom is -0.481 e. The molecule has 21 heavy (non-hydrogen) atoms. The molecule has 1 atom stereocenters. The van der Waals surface area contributed by atoms with Gasteiger partial charge in [-0.3, -0.25) is 4.79 Å². The second-order valence-corrected chi connectivity index (χ2v) is 5.95. The molecule has 0 saturated heterocycles. The molecule has 1 aromatic carbocycles. The van der Waals surface area contributed by atoms with Crippen molar-refractivity contribution in [3.8, 4) is 11.4 Å². The van der Waals surface area contributed by atoms with Gasteiger partial charge in [-0.05, 0) is 25.0 Å². The number of nitrogens with zero attached hydrogens (tertiary/aromatic N) is 2. The molecule has 0 radical (unpaired) electrons. The molecule has 0 spiro atoms. The Morgan fingerprint density at radius 1 is 1.43 bits per heavy atom. The first-order chi connectivity index (χ1) is 9.84. The fourth-order valence-electron chi connectivity index (χ4n) is 1.92. The number of halogens is 1. The van der Waals surface area contributed by atoms with Gasteiger partial charge in [0.25, 0.3) is 0 Å². The number of hydrogen-bond donors (Lipinski definition) is 1. The largest absolute Gasteiger partial charge is 0.481 e. The molecule has 0 aliphatic heterocycles. The molecule has 0 aliphatic carbocycles. The van der Waals surface area contributed by atoms with E-state index >= 15 is 0 Å². The van der Waals surface area contributed by atoms with Crippen LogP contribution in [-0.2, 0) is 11.2 Å². The molecule has 1 unspecified atom stereocenters. The minimum absolute atomic E-state index is 0.0642. The van der Waals surface area contributed by atoms with Gasteiger partial charge in [0, 0.05) is 12.0 Å². The molecule has 0 amide bonds. The number of hydrogen-bond acceptors (Lipinski definition) is 4. The SMILES string of the molecule is CC(C)C(C)(Cc1nc(-c2ccccc2Cl)no1)C(=O)O. The maximum absolute atomic E-state index is 11.5. The van der Waals surface area contributed by atoms with Gasteiger partial charge in [0.05, 0.1) is 10.4 Å². The first kappa shape index (κ1) is 15.5. The quantitative estimate of drug-likeness (QED) is 0.911. The molecule has 1 aromatic heterocycles. The van der Waals surface area contributed by atoms with Crippen LogP contribution in [0.25, 0.3) is 11.4 Å².